The molecular weight excluding hydrogens is 508 g/mol. The van der Waals surface area contributed by atoms with Crippen LogP contribution in [-0.4, -0.2) is 26.4 Å². The normalized spacial score (nSPS) is 11.8. The van der Waals surface area contributed by atoms with Crippen LogP contribution in [-0.2, 0) is 16.1 Å². The molecule has 8 nitrogen and oxygen atoms in total. The van der Waals surface area contributed by atoms with Crippen molar-refractivity contribution in [3.63, 3.8) is 0 Å². The molecule has 37 heavy (non-hydrogen) atoms. The van der Waals surface area contributed by atoms with E-state index in [2.05, 4.69) is 15.3 Å². The first-order valence-corrected chi connectivity index (χ1v) is 13.1. The SMILES string of the molecule is Cc1c(C(=O)OCc2ccccc2)sc2ncn(C(C)C(=O)Nc3nc(-c4ccccc4)cs3)c(=O)c12. The van der Waals surface area contributed by atoms with Crippen molar-refractivity contribution in [1.29, 1.82) is 0 Å². The maximum atomic E-state index is 13.3. The Balaban J connectivity index is 1.34. The largest absolute Gasteiger partial charge is 0.457 e. The van der Waals surface area contributed by atoms with Crippen LogP contribution in [0, 0.1) is 6.92 Å². The van der Waals surface area contributed by atoms with Crippen LogP contribution in [0.3, 0.4) is 0 Å². The van der Waals surface area contributed by atoms with Crippen LogP contribution in [0.15, 0.2) is 77.2 Å². The lowest BCUT2D eigenvalue weighted by molar-refractivity contribution is -0.118. The Morgan fingerprint density at radius 1 is 1.08 bits per heavy atom. The van der Waals surface area contributed by atoms with Gasteiger partial charge in [-0.1, -0.05) is 60.7 Å². The van der Waals surface area contributed by atoms with E-state index in [9.17, 15) is 14.4 Å². The van der Waals surface area contributed by atoms with E-state index < -0.39 is 23.5 Å². The number of amides is 1. The molecule has 186 valence electrons. The second-order valence-electron chi connectivity index (χ2n) is 8.32. The zero-order chi connectivity index (χ0) is 25.9. The third-order valence-corrected chi connectivity index (χ3v) is 7.81. The summed E-state index contributed by atoms with van der Waals surface area (Å²) in [6, 6.07) is 18.2. The van der Waals surface area contributed by atoms with Crippen LogP contribution in [0.4, 0.5) is 5.13 Å². The highest BCUT2D eigenvalue weighted by Gasteiger charge is 2.24. The lowest BCUT2D eigenvalue weighted by atomic mass is 10.2. The lowest BCUT2D eigenvalue weighted by Gasteiger charge is -2.13. The summed E-state index contributed by atoms with van der Waals surface area (Å²) >= 11 is 2.41. The number of carbonyl (C=O) groups is 2. The standard InChI is InChI=1S/C27H22N4O4S2/c1-16-21-24(37-22(16)26(34)35-13-18-9-5-3-6-10-18)28-15-31(25(21)33)17(2)23(32)30-27-29-20(14-36-27)19-11-7-4-8-12-19/h3-12,14-15,17H,13H2,1-2H3,(H,29,30,32). The number of benzene rings is 2. The zero-order valence-corrected chi connectivity index (χ0v) is 21.6. The van der Waals surface area contributed by atoms with Gasteiger partial charge in [-0.05, 0) is 25.0 Å². The molecule has 0 aliphatic rings. The van der Waals surface area contributed by atoms with E-state index in [1.807, 2.05) is 66.0 Å². The summed E-state index contributed by atoms with van der Waals surface area (Å²) in [7, 11) is 0. The number of esters is 1. The summed E-state index contributed by atoms with van der Waals surface area (Å²) in [6.07, 6.45) is 1.33. The Morgan fingerprint density at radius 3 is 2.51 bits per heavy atom. The van der Waals surface area contributed by atoms with E-state index in [1.54, 1.807) is 13.8 Å². The minimum absolute atomic E-state index is 0.130. The maximum Gasteiger partial charge on any atom is 0.349 e. The molecule has 1 amide bonds. The number of rotatable bonds is 7. The Kier molecular flexibility index (Phi) is 6.93. The minimum Gasteiger partial charge on any atom is -0.457 e. The quantitative estimate of drug-likeness (QED) is 0.281. The predicted octanol–water partition coefficient (Wildman–Crippen LogP) is 5.45. The number of thiazole rings is 1. The van der Waals surface area contributed by atoms with Crippen molar-refractivity contribution in [2.45, 2.75) is 26.5 Å². The van der Waals surface area contributed by atoms with E-state index in [4.69, 9.17) is 4.74 Å². The van der Waals surface area contributed by atoms with Gasteiger partial charge < -0.3 is 10.1 Å². The Morgan fingerprint density at radius 2 is 1.78 bits per heavy atom. The monoisotopic (exact) mass is 530 g/mol. The fourth-order valence-corrected chi connectivity index (χ4v) is 5.56. The summed E-state index contributed by atoms with van der Waals surface area (Å²) in [5.41, 5.74) is 2.67. The van der Waals surface area contributed by atoms with Crippen molar-refractivity contribution in [3.05, 3.63) is 98.7 Å². The number of thiophene rings is 1. The molecule has 10 heteroatoms. The number of ether oxygens (including phenoxy) is 1. The van der Waals surface area contributed by atoms with Crippen LogP contribution in [0.2, 0.25) is 0 Å². The summed E-state index contributed by atoms with van der Waals surface area (Å²) < 4.78 is 6.71. The number of nitrogens with zero attached hydrogens (tertiary/aromatic N) is 3. The van der Waals surface area contributed by atoms with E-state index in [1.165, 1.54) is 22.2 Å². The molecule has 3 aromatic heterocycles. The topological polar surface area (TPSA) is 103 Å². The molecule has 0 aliphatic carbocycles. The van der Waals surface area contributed by atoms with Gasteiger partial charge in [-0.3, -0.25) is 14.2 Å². The maximum absolute atomic E-state index is 13.3. The number of hydrogen-bond donors (Lipinski definition) is 1. The van der Waals surface area contributed by atoms with Crippen molar-refractivity contribution in [1.82, 2.24) is 14.5 Å². The molecule has 0 aliphatic heterocycles. The summed E-state index contributed by atoms with van der Waals surface area (Å²) in [6.45, 7) is 3.44. The third-order valence-electron chi connectivity index (χ3n) is 5.87. The number of anilines is 1. The average Bonchev–Trinajstić information content (AvgIpc) is 3.53. The lowest BCUT2D eigenvalue weighted by Crippen LogP contribution is -2.31. The van der Waals surface area contributed by atoms with Crippen molar-refractivity contribution in [2.75, 3.05) is 5.32 Å². The van der Waals surface area contributed by atoms with Gasteiger partial charge in [0, 0.05) is 10.9 Å². The molecule has 5 rings (SSSR count). The number of fused-ring (bicyclic) bond motifs is 1. The predicted molar refractivity (Wildman–Crippen MR) is 145 cm³/mol. The van der Waals surface area contributed by atoms with Gasteiger partial charge in [-0.25, -0.2) is 14.8 Å². The van der Waals surface area contributed by atoms with E-state index in [0.717, 1.165) is 28.2 Å². The number of carbonyl (C=O) groups excluding carboxylic acids is 2. The van der Waals surface area contributed by atoms with Gasteiger partial charge in [0.05, 0.1) is 17.4 Å². The molecule has 1 atom stereocenters. The molecule has 0 spiro atoms. The van der Waals surface area contributed by atoms with Crippen LogP contribution in [0.25, 0.3) is 21.5 Å². The first-order valence-electron chi connectivity index (χ1n) is 11.5. The van der Waals surface area contributed by atoms with Crippen molar-refractivity contribution in [3.8, 4) is 11.3 Å². The first kappa shape index (κ1) is 24.5. The average molecular weight is 531 g/mol. The molecule has 2 aromatic carbocycles. The highest BCUT2D eigenvalue weighted by atomic mass is 32.1. The van der Waals surface area contributed by atoms with Gasteiger partial charge in [0.25, 0.3) is 5.56 Å². The molecule has 3 heterocycles. The van der Waals surface area contributed by atoms with Gasteiger partial charge >= 0.3 is 5.97 Å². The van der Waals surface area contributed by atoms with Crippen LogP contribution < -0.4 is 10.9 Å². The zero-order valence-electron chi connectivity index (χ0n) is 20.0. The molecule has 5 aromatic rings. The molecular formula is C27H22N4O4S2. The van der Waals surface area contributed by atoms with Gasteiger partial charge in [-0.15, -0.1) is 22.7 Å². The van der Waals surface area contributed by atoms with Gasteiger partial charge in [0.15, 0.2) is 5.13 Å². The number of hydrogen-bond acceptors (Lipinski definition) is 8. The van der Waals surface area contributed by atoms with Crippen LogP contribution in [0.5, 0.6) is 0 Å². The fourth-order valence-electron chi connectivity index (χ4n) is 3.81. The number of aryl methyl sites for hydroxylation is 1. The summed E-state index contributed by atoms with van der Waals surface area (Å²) in [5, 5.41) is 5.39. The third kappa shape index (κ3) is 5.07. The number of aromatic nitrogens is 3. The Hall–Kier alpha value is -4.15. The fraction of sp³-hybridized carbons (Fsp3) is 0.148. The van der Waals surface area contributed by atoms with Gasteiger partial charge in [-0.2, -0.15) is 0 Å². The molecule has 1 unspecified atom stereocenters. The highest BCUT2D eigenvalue weighted by Crippen LogP contribution is 2.29. The highest BCUT2D eigenvalue weighted by molar-refractivity contribution is 7.20. The second kappa shape index (κ2) is 10.5. The number of nitrogens with one attached hydrogen (secondary N) is 1. The van der Waals surface area contributed by atoms with Gasteiger partial charge in [0.1, 0.15) is 22.4 Å². The first-order chi connectivity index (χ1) is 17.9. The molecule has 0 saturated carbocycles. The molecule has 0 bridgehead atoms. The van der Waals surface area contributed by atoms with Crippen LogP contribution >= 0.6 is 22.7 Å². The van der Waals surface area contributed by atoms with Crippen LogP contribution in [0.1, 0.15) is 33.8 Å². The Labute approximate surface area is 220 Å². The molecule has 1 N–H and O–H groups in total. The summed E-state index contributed by atoms with van der Waals surface area (Å²) in [5.74, 6) is -0.910. The molecule has 0 fully saturated rings. The van der Waals surface area contributed by atoms with E-state index in [-0.39, 0.29) is 6.61 Å². The van der Waals surface area contributed by atoms with Crippen molar-refractivity contribution in [2.24, 2.45) is 0 Å². The van der Waals surface area contributed by atoms with Crippen molar-refractivity contribution < 1.29 is 14.3 Å². The van der Waals surface area contributed by atoms with Crippen molar-refractivity contribution >= 4 is 49.9 Å². The Bertz CT molecular complexity index is 1640. The molecule has 0 radical (unpaired) electrons. The summed E-state index contributed by atoms with van der Waals surface area (Å²) in [4.78, 5) is 48.6. The van der Waals surface area contributed by atoms with E-state index in [0.29, 0.717) is 25.8 Å². The molecule has 0 saturated heterocycles. The minimum atomic E-state index is -0.846. The second-order valence-corrected chi connectivity index (χ2v) is 10.2. The van der Waals surface area contributed by atoms with Gasteiger partial charge in [0.2, 0.25) is 5.91 Å². The van der Waals surface area contributed by atoms with E-state index >= 15 is 0 Å². The smallest absolute Gasteiger partial charge is 0.349 e.